The van der Waals surface area contributed by atoms with Crippen molar-refractivity contribution in [3.8, 4) is 22.8 Å². The second-order valence-electron chi connectivity index (χ2n) is 5.21. The third-order valence-electron chi connectivity index (χ3n) is 3.65. The number of thioether (sulfide) groups is 1. The first-order chi connectivity index (χ1) is 12.2. The molecule has 0 atom stereocenters. The van der Waals surface area contributed by atoms with Crippen molar-refractivity contribution in [1.29, 1.82) is 0 Å². The van der Waals surface area contributed by atoms with E-state index in [2.05, 4.69) is 10.2 Å². The summed E-state index contributed by atoms with van der Waals surface area (Å²) in [7, 11) is 3.23. The van der Waals surface area contributed by atoms with E-state index in [1.165, 1.54) is 0 Å². The fraction of sp³-hybridized carbons (Fsp3) is 0.158. The van der Waals surface area contributed by atoms with Crippen molar-refractivity contribution < 1.29 is 9.47 Å². The molecule has 0 fully saturated rings. The van der Waals surface area contributed by atoms with E-state index < -0.39 is 0 Å². The maximum atomic E-state index is 6.18. The zero-order valence-electron chi connectivity index (χ0n) is 13.9. The van der Waals surface area contributed by atoms with Gasteiger partial charge in [0.15, 0.2) is 11.5 Å². The molecule has 3 rings (SSSR count). The minimum absolute atomic E-state index is 0.666. The van der Waals surface area contributed by atoms with E-state index in [0.29, 0.717) is 11.5 Å². The molecule has 25 heavy (non-hydrogen) atoms. The molecule has 0 bridgehead atoms. The molecule has 0 radical (unpaired) electrons. The number of rotatable bonds is 6. The van der Waals surface area contributed by atoms with Gasteiger partial charge in [-0.3, -0.25) is 0 Å². The standard InChI is InChI=1S/C19H17ClN2O2S/c1-23-17-9-7-13(11-18(17)24-2)16-8-10-19(22-21-16)25-12-14-5-3-4-6-15(14)20/h3-11H,12H2,1-2H3. The van der Waals surface area contributed by atoms with Crippen LogP contribution in [0.2, 0.25) is 5.02 Å². The minimum atomic E-state index is 0.666. The van der Waals surface area contributed by atoms with Crippen LogP contribution in [0.15, 0.2) is 59.6 Å². The predicted octanol–water partition coefficient (Wildman–Crippen LogP) is 5.11. The molecule has 0 N–H and O–H groups in total. The monoisotopic (exact) mass is 372 g/mol. The summed E-state index contributed by atoms with van der Waals surface area (Å²) in [6.07, 6.45) is 0. The lowest BCUT2D eigenvalue weighted by molar-refractivity contribution is 0.355. The maximum Gasteiger partial charge on any atom is 0.161 e. The molecule has 1 heterocycles. The van der Waals surface area contributed by atoms with Gasteiger partial charge in [0, 0.05) is 16.3 Å². The van der Waals surface area contributed by atoms with E-state index in [0.717, 1.165) is 32.6 Å². The van der Waals surface area contributed by atoms with Gasteiger partial charge >= 0.3 is 0 Å². The van der Waals surface area contributed by atoms with Gasteiger partial charge in [0.25, 0.3) is 0 Å². The van der Waals surface area contributed by atoms with E-state index >= 15 is 0 Å². The van der Waals surface area contributed by atoms with Crippen LogP contribution in [-0.2, 0) is 5.75 Å². The number of hydrogen-bond donors (Lipinski definition) is 0. The fourth-order valence-corrected chi connectivity index (χ4v) is 3.41. The molecule has 6 heteroatoms. The topological polar surface area (TPSA) is 44.2 Å². The van der Waals surface area contributed by atoms with Gasteiger partial charge in [-0.05, 0) is 42.0 Å². The van der Waals surface area contributed by atoms with Crippen LogP contribution in [0, 0.1) is 0 Å². The van der Waals surface area contributed by atoms with Gasteiger partial charge in [0.2, 0.25) is 0 Å². The number of halogens is 1. The second-order valence-corrected chi connectivity index (χ2v) is 6.61. The van der Waals surface area contributed by atoms with Crippen LogP contribution < -0.4 is 9.47 Å². The number of methoxy groups -OCH3 is 2. The quantitative estimate of drug-likeness (QED) is 0.563. The maximum absolute atomic E-state index is 6.18. The van der Waals surface area contributed by atoms with Gasteiger partial charge in [-0.2, -0.15) is 0 Å². The average molecular weight is 373 g/mol. The van der Waals surface area contributed by atoms with Crippen LogP contribution in [0.1, 0.15) is 5.56 Å². The fourth-order valence-electron chi connectivity index (χ4n) is 2.31. The third kappa shape index (κ3) is 4.24. The highest BCUT2D eigenvalue weighted by atomic mass is 35.5. The zero-order chi connectivity index (χ0) is 17.6. The van der Waals surface area contributed by atoms with Crippen LogP contribution in [0.3, 0.4) is 0 Å². The molecule has 1 aromatic heterocycles. The lowest BCUT2D eigenvalue weighted by Crippen LogP contribution is -1.93. The molecule has 2 aromatic carbocycles. The van der Waals surface area contributed by atoms with Crippen LogP contribution in [0.5, 0.6) is 11.5 Å². The summed E-state index contributed by atoms with van der Waals surface area (Å²) >= 11 is 7.78. The van der Waals surface area contributed by atoms with Crippen LogP contribution in [0.25, 0.3) is 11.3 Å². The van der Waals surface area contributed by atoms with E-state index in [1.54, 1.807) is 26.0 Å². The molecule has 0 saturated carbocycles. The van der Waals surface area contributed by atoms with Crippen LogP contribution >= 0.6 is 23.4 Å². The van der Waals surface area contributed by atoms with Crippen molar-refractivity contribution in [2.24, 2.45) is 0 Å². The number of hydrogen-bond acceptors (Lipinski definition) is 5. The van der Waals surface area contributed by atoms with Gasteiger partial charge < -0.3 is 9.47 Å². The zero-order valence-corrected chi connectivity index (χ0v) is 15.5. The minimum Gasteiger partial charge on any atom is -0.493 e. The van der Waals surface area contributed by atoms with Gasteiger partial charge in [-0.1, -0.05) is 41.6 Å². The molecule has 0 saturated heterocycles. The molecule has 0 unspecified atom stereocenters. The number of ether oxygens (including phenoxy) is 2. The Balaban J connectivity index is 1.73. The first-order valence-corrected chi connectivity index (χ1v) is 9.00. The van der Waals surface area contributed by atoms with Crippen LogP contribution in [-0.4, -0.2) is 24.4 Å². The van der Waals surface area contributed by atoms with E-state index in [9.17, 15) is 0 Å². The van der Waals surface area contributed by atoms with Crippen molar-refractivity contribution in [2.75, 3.05) is 14.2 Å². The third-order valence-corrected chi connectivity index (χ3v) is 4.99. The van der Waals surface area contributed by atoms with E-state index in [4.69, 9.17) is 21.1 Å². The molecular formula is C19H17ClN2O2S. The van der Waals surface area contributed by atoms with Crippen molar-refractivity contribution in [2.45, 2.75) is 10.8 Å². The Kier molecular flexibility index (Phi) is 5.79. The first-order valence-electron chi connectivity index (χ1n) is 7.63. The highest BCUT2D eigenvalue weighted by Crippen LogP contribution is 2.32. The SMILES string of the molecule is COc1ccc(-c2ccc(SCc3ccccc3Cl)nn2)cc1OC. The molecule has 0 amide bonds. The number of nitrogens with zero attached hydrogens (tertiary/aromatic N) is 2. The Bertz CT molecular complexity index is 856. The molecule has 128 valence electrons. The number of benzene rings is 2. The molecule has 0 aliphatic heterocycles. The first kappa shape index (κ1) is 17.6. The summed E-state index contributed by atoms with van der Waals surface area (Å²) in [5.41, 5.74) is 2.79. The van der Waals surface area contributed by atoms with Gasteiger partial charge in [-0.25, -0.2) is 0 Å². The highest BCUT2D eigenvalue weighted by molar-refractivity contribution is 7.98. The van der Waals surface area contributed by atoms with E-state index in [1.807, 2.05) is 54.6 Å². The molecular weight excluding hydrogens is 356 g/mol. The van der Waals surface area contributed by atoms with E-state index in [-0.39, 0.29) is 0 Å². The van der Waals surface area contributed by atoms with Gasteiger partial charge in [0.1, 0.15) is 5.03 Å². The summed E-state index contributed by atoms with van der Waals surface area (Å²) in [4.78, 5) is 0. The van der Waals surface area contributed by atoms with Gasteiger partial charge in [-0.15, -0.1) is 10.2 Å². The molecule has 0 spiro atoms. The van der Waals surface area contributed by atoms with Crippen molar-refractivity contribution >= 4 is 23.4 Å². The Labute approximate surface area is 156 Å². The summed E-state index contributed by atoms with van der Waals surface area (Å²) in [5.74, 6) is 2.11. The van der Waals surface area contributed by atoms with Crippen molar-refractivity contribution in [3.63, 3.8) is 0 Å². The summed E-state index contributed by atoms with van der Waals surface area (Å²) in [6.45, 7) is 0. The molecule has 0 aliphatic rings. The smallest absolute Gasteiger partial charge is 0.161 e. The highest BCUT2D eigenvalue weighted by Gasteiger charge is 2.08. The lowest BCUT2D eigenvalue weighted by atomic mass is 10.1. The molecule has 0 aliphatic carbocycles. The van der Waals surface area contributed by atoms with Crippen LogP contribution in [0.4, 0.5) is 0 Å². The van der Waals surface area contributed by atoms with Gasteiger partial charge in [0.05, 0.1) is 19.9 Å². The Morgan fingerprint density at radius 1 is 0.920 bits per heavy atom. The Morgan fingerprint density at radius 2 is 1.72 bits per heavy atom. The summed E-state index contributed by atoms with van der Waals surface area (Å²) in [5, 5.41) is 10.2. The summed E-state index contributed by atoms with van der Waals surface area (Å²) < 4.78 is 10.6. The van der Waals surface area contributed by atoms with Crippen molar-refractivity contribution in [1.82, 2.24) is 10.2 Å². The Morgan fingerprint density at radius 3 is 2.40 bits per heavy atom. The average Bonchev–Trinajstić information content (AvgIpc) is 2.67. The molecule has 4 nitrogen and oxygen atoms in total. The molecule has 3 aromatic rings. The number of aromatic nitrogens is 2. The summed E-state index contributed by atoms with van der Waals surface area (Å²) in [6, 6.07) is 17.4. The largest absolute Gasteiger partial charge is 0.493 e. The Hall–Kier alpha value is -2.24. The van der Waals surface area contributed by atoms with Crippen molar-refractivity contribution in [3.05, 3.63) is 65.2 Å². The predicted molar refractivity (Wildman–Crippen MR) is 102 cm³/mol. The normalized spacial score (nSPS) is 10.5. The lowest BCUT2D eigenvalue weighted by Gasteiger charge is -2.09. The second kappa shape index (κ2) is 8.23.